The Hall–Kier alpha value is -2.19. The van der Waals surface area contributed by atoms with E-state index in [1.165, 1.54) is 4.90 Å². The molecule has 0 fully saturated rings. The van der Waals surface area contributed by atoms with Crippen LogP contribution in [0.5, 0.6) is 0 Å². The van der Waals surface area contributed by atoms with Gasteiger partial charge in [-0.1, -0.05) is 0 Å². The van der Waals surface area contributed by atoms with Crippen LogP contribution in [0.4, 0.5) is 0 Å². The number of carbonyl (C=O) groups is 2. The van der Waals surface area contributed by atoms with Gasteiger partial charge in [0.15, 0.2) is 0 Å². The minimum Gasteiger partial charge on any atom is -0.459 e. The van der Waals surface area contributed by atoms with Crippen molar-refractivity contribution in [3.8, 4) is 5.69 Å². The van der Waals surface area contributed by atoms with Gasteiger partial charge in [0, 0.05) is 18.7 Å². The third-order valence-corrected chi connectivity index (χ3v) is 5.55. The molecule has 0 aliphatic heterocycles. The molecule has 0 aliphatic carbocycles. The number of benzene rings is 1. The first-order chi connectivity index (χ1) is 13.9. The highest BCUT2D eigenvalue weighted by Gasteiger charge is 2.23. The van der Waals surface area contributed by atoms with E-state index in [1.54, 1.807) is 12.1 Å². The maximum atomic E-state index is 13.1. The number of hydrogen-bond donors (Lipinski definition) is 0. The Kier molecular flexibility index (Phi) is 7.82. The second kappa shape index (κ2) is 9.75. The average molecular weight is 479 g/mol. The summed E-state index contributed by atoms with van der Waals surface area (Å²) in [7, 11) is 3.86. The van der Waals surface area contributed by atoms with E-state index in [9.17, 15) is 9.59 Å². The van der Waals surface area contributed by atoms with E-state index < -0.39 is 11.6 Å². The number of aromatic nitrogens is 2. The standard InChI is InChI=1S/C22H31BrN4O3/c1-15-20(23)16(2)27(24-15)18-10-8-17(9-11-18)21(29)26(13-12-25(6)7)14-19(28)30-22(3,4)5/h8-11H,12-14H2,1-7H3. The summed E-state index contributed by atoms with van der Waals surface area (Å²) in [5.41, 5.74) is 2.68. The molecule has 8 heteroatoms. The summed E-state index contributed by atoms with van der Waals surface area (Å²) < 4.78 is 8.20. The van der Waals surface area contributed by atoms with Crippen LogP contribution >= 0.6 is 15.9 Å². The van der Waals surface area contributed by atoms with Crippen LogP contribution in [-0.4, -0.2) is 70.8 Å². The van der Waals surface area contributed by atoms with Crippen molar-refractivity contribution in [1.29, 1.82) is 0 Å². The zero-order chi connectivity index (χ0) is 22.6. The molecule has 0 saturated heterocycles. The minimum atomic E-state index is -0.594. The first kappa shape index (κ1) is 24.1. The minimum absolute atomic E-state index is 0.0872. The fourth-order valence-corrected chi connectivity index (χ4v) is 3.15. The van der Waals surface area contributed by atoms with E-state index in [2.05, 4.69) is 21.0 Å². The van der Waals surface area contributed by atoms with Crippen molar-refractivity contribution in [3.63, 3.8) is 0 Å². The van der Waals surface area contributed by atoms with Crippen molar-refractivity contribution in [2.75, 3.05) is 33.7 Å². The molecule has 1 heterocycles. The SMILES string of the molecule is Cc1nn(-c2ccc(C(=O)N(CCN(C)C)CC(=O)OC(C)(C)C)cc2)c(C)c1Br. The van der Waals surface area contributed by atoms with E-state index in [1.807, 2.05) is 70.4 Å². The molecular weight excluding hydrogens is 448 g/mol. The number of aryl methyl sites for hydroxylation is 1. The van der Waals surface area contributed by atoms with Crippen LogP contribution in [0.2, 0.25) is 0 Å². The molecule has 2 aromatic rings. The summed E-state index contributed by atoms with van der Waals surface area (Å²) in [6.45, 7) is 10.3. The van der Waals surface area contributed by atoms with E-state index >= 15 is 0 Å². The Morgan fingerprint density at radius 1 is 1.10 bits per heavy atom. The number of likely N-dealkylation sites (N-methyl/N-ethyl adjacent to an activating group) is 1. The molecule has 0 N–H and O–H groups in total. The molecule has 2 rings (SSSR count). The smallest absolute Gasteiger partial charge is 0.326 e. The van der Waals surface area contributed by atoms with Gasteiger partial charge in [-0.15, -0.1) is 0 Å². The molecule has 1 amide bonds. The topological polar surface area (TPSA) is 67.7 Å². The number of carbonyl (C=O) groups excluding carboxylic acids is 2. The number of rotatable bonds is 7. The normalized spacial score (nSPS) is 11.6. The third kappa shape index (κ3) is 6.40. The second-order valence-electron chi connectivity index (χ2n) is 8.56. The third-order valence-electron chi connectivity index (χ3n) is 4.41. The number of ether oxygens (including phenoxy) is 1. The quantitative estimate of drug-likeness (QED) is 0.568. The predicted octanol–water partition coefficient (Wildman–Crippen LogP) is 3.60. The molecule has 0 aliphatic rings. The van der Waals surface area contributed by atoms with Crippen molar-refractivity contribution in [2.45, 2.75) is 40.2 Å². The summed E-state index contributed by atoms with van der Waals surface area (Å²) in [6.07, 6.45) is 0. The molecule has 0 unspecified atom stereocenters. The molecule has 0 radical (unpaired) electrons. The van der Waals surface area contributed by atoms with Gasteiger partial charge in [-0.25, -0.2) is 4.68 Å². The zero-order valence-corrected chi connectivity index (χ0v) is 20.4. The first-order valence-corrected chi connectivity index (χ1v) is 10.7. The highest BCUT2D eigenvalue weighted by atomic mass is 79.9. The summed E-state index contributed by atoms with van der Waals surface area (Å²) in [6, 6.07) is 7.24. The van der Waals surface area contributed by atoms with Crippen molar-refractivity contribution in [1.82, 2.24) is 19.6 Å². The van der Waals surface area contributed by atoms with Crippen LogP contribution in [-0.2, 0) is 9.53 Å². The zero-order valence-electron chi connectivity index (χ0n) is 18.8. The van der Waals surface area contributed by atoms with Crippen molar-refractivity contribution in [2.24, 2.45) is 0 Å². The molecule has 0 atom stereocenters. The van der Waals surface area contributed by atoms with E-state index in [0.717, 1.165) is 21.5 Å². The molecule has 0 bridgehead atoms. The van der Waals surface area contributed by atoms with Crippen molar-refractivity contribution in [3.05, 3.63) is 45.7 Å². The molecular formula is C22H31BrN4O3. The largest absolute Gasteiger partial charge is 0.459 e. The number of halogens is 1. The monoisotopic (exact) mass is 478 g/mol. The average Bonchev–Trinajstić information content (AvgIpc) is 2.90. The Balaban J connectivity index is 2.21. The van der Waals surface area contributed by atoms with Gasteiger partial charge in [0.1, 0.15) is 12.1 Å². The Morgan fingerprint density at radius 3 is 2.17 bits per heavy atom. The van der Waals surface area contributed by atoms with Gasteiger partial charge < -0.3 is 14.5 Å². The lowest BCUT2D eigenvalue weighted by molar-refractivity contribution is -0.155. The lowest BCUT2D eigenvalue weighted by Gasteiger charge is -2.26. The van der Waals surface area contributed by atoms with Crippen molar-refractivity contribution < 1.29 is 14.3 Å². The fourth-order valence-electron chi connectivity index (χ4n) is 2.91. The molecule has 0 spiro atoms. The van der Waals surface area contributed by atoms with E-state index in [4.69, 9.17) is 4.74 Å². The number of hydrogen-bond acceptors (Lipinski definition) is 5. The molecule has 164 valence electrons. The predicted molar refractivity (Wildman–Crippen MR) is 121 cm³/mol. The first-order valence-electron chi connectivity index (χ1n) is 9.87. The van der Waals surface area contributed by atoms with Gasteiger partial charge >= 0.3 is 5.97 Å². The highest BCUT2D eigenvalue weighted by molar-refractivity contribution is 9.10. The van der Waals surface area contributed by atoms with Crippen LogP contribution in [0, 0.1) is 13.8 Å². The summed E-state index contributed by atoms with van der Waals surface area (Å²) in [4.78, 5) is 28.9. The van der Waals surface area contributed by atoms with Gasteiger partial charge in [0.2, 0.25) is 0 Å². The van der Waals surface area contributed by atoms with E-state index in [-0.39, 0.29) is 12.5 Å². The second-order valence-corrected chi connectivity index (χ2v) is 9.35. The Bertz CT molecular complexity index is 898. The van der Waals surface area contributed by atoms with Crippen LogP contribution in [0.25, 0.3) is 5.69 Å². The Labute approximate surface area is 187 Å². The fraction of sp³-hybridized carbons (Fsp3) is 0.500. The van der Waals surface area contributed by atoms with E-state index in [0.29, 0.717) is 18.7 Å². The molecule has 1 aromatic carbocycles. The van der Waals surface area contributed by atoms with Crippen LogP contribution in [0.3, 0.4) is 0 Å². The molecule has 30 heavy (non-hydrogen) atoms. The number of esters is 1. The van der Waals surface area contributed by atoms with Crippen LogP contribution in [0.1, 0.15) is 42.5 Å². The van der Waals surface area contributed by atoms with Gasteiger partial charge in [0.05, 0.1) is 21.5 Å². The molecule has 1 aromatic heterocycles. The molecule has 0 saturated carbocycles. The van der Waals surface area contributed by atoms with Gasteiger partial charge in [-0.2, -0.15) is 5.10 Å². The highest BCUT2D eigenvalue weighted by Crippen LogP contribution is 2.23. The van der Waals surface area contributed by atoms with Gasteiger partial charge in [-0.05, 0) is 88.9 Å². The van der Waals surface area contributed by atoms with Crippen LogP contribution in [0.15, 0.2) is 28.7 Å². The maximum absolute atomic E-state index is 13.1. The van der Waals surface area contributed by atoms with Crippen LogP contribution < -0.4 is 0 Å². The summed E-state index contributed by atoms with van der Waals surface area (Å²) in [5.74, 6) is -0.623. The lowest BCUT2D eigenvalue weighted by atomic mass is 10.1. The van der Waals surface area contributed by atoms with Crippen molar-refractivity contribution >= 4 is 27.8 Å². The van der Waals surface area contributed by atoms with Gasteiger partial charge in [0.25, 0.3) is 5.91 Å². The van der Waals surface area contributed by atoms with Gasteiger partial charge in [-0.3, -0.25) is 9.59 Å². The Morgan fingerprint density at radius 2 is 1.70 bits per heavy atom. The number of nitrogens with zero attached hydrogens (tertiary/aromatic N) is 4. The summed E-state index contributed by atoms with van der Waals surface area (Å²) in [5, 5.41) is 4.52. The lowest BCUT2D eigenvalue weighted by Crippen LogP contribution is -2.42. The summed E-state index contributed by atoms with van der Waals surface area (Å²) >= 11 is 3.53. The maximum Gasteiger partial charge on any atom is 0.326 e. The number of amides is 1. The molecule has 7 nitrogen and oxygen atoms in total.